The molecule has 0 bridgehead atoms. The molecule has 2 heterocycles. The van der Waals surface area contributed by atoms with Gasteiger partial charge in [-0.25, -0.2) is 14.6 Å². The van der Waals surface area contributed by atoms with E-state index in [9.17, 15) is 0 Å². The van der Waals surface area contributed by atoms with Crippen LogP contribution < -0.4 is 0 Å². The average molecular weight is 271 g/mol. The molecule has 2 aromatic rings. The summed E-state index contributed by atoms with van der Waals surface area (Å²) in [5, 5.41) is 4.98. The van der Waals surface area contributed by atoms with Crippen LogP contribution in [0, 0.1) is 0 Å². The van der Waals surface area contributed by atoms with Gasteiger partial charge in [-0.15, -0.1) is 11.6 Å². The lowest BCUT2D eigenvalue weighted by Crippen LogP contribution is -2.00. The fourth-order valence-corrected chi connectivity index (χ4v) is 2.25. The highest BCUT2D eigenvalue weighted by Gasteiger charge is 2.16. The molecular formula is C11H12Cl2N4. The summed E-state index contributed by atoms with van der Waals surface area (Å²) < 4.78 is 1.60. The molecule has 0 amide bonds. The van der Waals surface area contributed by atoms with Crippen molar-refractivity contribution in [1.82, 2.24) is 19.7 Å². The number of alkyl halides is 1. The van der Waals surface area contributed by atoms with Crippen molar-refractivity contribution >= 4 is 23.2 Å². The second-order valence-corrected chi connectivity index (χ2v) is 4.20. The number of nitrogens with zero attached hydrogens (tertiary/aromatic N) is 4. The molecule has 0 saturated heterocycles. The molecule has 0 radical (unpaired) electrons. The molecule has 2 rings (SSSR count). The molecule has 0 aromatic carbocycles. The molecule has 6 heteroatoms. The second kappa shape index (κ2) is 5.47. The lowest BCUT2D eigenvalue weighted by Gasteiger charge is -2.00. The highest BCUT2D eigenvalue weighted by atomic mass is 35.5. The molecule has 0 unspecified atom stereocenters. The quantitative estimate of drug-likeness (QED) is 0.803. The minimum atomic E-state index is 0.360. The highest BCUT2D eigenvalue weighted by Crippen LogP contribution is 2.25. The fraction of sp³-hybridized carbons (Fsp3) is 0.364. The Hall–Kier alpha value is -1.13. The van der Waals surface area contributed by atoms with E-state index in [1.54, 1.807) is 16.9 Å². The predicted molar refractivity (Wildman–Crippen MR) is 67.7 cm³/mol. The Kier molecular flexibility index (Phi) is 3.97. The standard InChI is InChI=1S/C11H12Cl2N4/c1-2-3-9-8(6-12)11(13)17(16-9)10-4-5-14-7-15-10/h4-5,7H,2-3,6H2,1H3. The first kappa shape index (κ1) is 12.3. The van der Waals surface area contributed by atoms with Gasteiger partial charge in [0.25, 0.3) is 0 Å². The van der Waals surface area contributed by atoms with E-state index in [2.05, 4.69) is 22.0 Å². The third-order valence-electron chi connectivity index (χ3n) is 2.41. The summed E-state index contributed by atoms with van der Waals surface area (Å²) >= 11 is 12.2. The predicted octanol–water partition coefficient (Wildman–Crippen LogP) is 3.01. The van der Waals surface area contributed by atoms with E-state index < -0.39 is 0 Å². The molecule has 0 saturated carbocycles. The molecule has 0 spiro atoms. The average Bonchev–Trinajstić information content (AvgIpc) is 2.67. The summed E-state index contributed by atoms with van der Waals surface area (Å²) in [5.74, 6) is 1.01. The maximum Gasteiger partial charge on any atom is 0.158 e. The molecule has 2 aromatic heterocycles. The van der Waals surface area contributed by atoms with E-state index in [4.69, 9.17) is 23.2 Å². The zero-order valence-electron chi connectivity index (χ0n) is 9.40. The van der Waals surface area contributed by atoms with Gasteiger partial charge in [0.2, 0.25) is 0 Å². The first-order valence-corrected chi connectivity index (χ1v) is 6.27. The van der Waals surface area contributed by atoms with Gasteiger partial charge in [-0.05, 0) is 6.42 Å². The van der Waals surface area contributed by atoms with Crippen LogP contribution in [-0.2, 0) is 12.3 Å². The zero-order valence-corrected chi connectivity index (χ0v) is 10.9. The number of hydrogen-bond acceptors (Lipinski definition) is 3. The van der Waals surface area contributed by atoms with Crippen LogP contribution in [0.5, 0.6) is 0 Å². The fourth-order valence-electron chi connectivity index (χ4n) is 1.60. The topological polar surface area (TPSA) is 43.6 Å². The van der Waals surface area contributed by atoms with Gasteiger partial charge in [-0.2, -0.15) is 5.10 Å². The second-order valence-electron chi connectivity index (χ2n) is 3.58. The molecule has 0 aliphatic rings. The normalized spacial score (nSPS) is 10.8. The zero-order chi connectivity index (χ0) is 12.3. The summed E-state index contributed by atoms with van der Waals surface area (Å²) in [7, 11) is 0. The summed E-state index contributed by atoms with van der Waals surface area (Å²) in [6, 6.07) is 1.76. The van der Waals surface area contributed by atoms with Gasteiger partial charge >= 0.3 is 0 Å². The Morgan fingerprint density at radius 1 is 1.41 bits per heavy atom. The Balaban J connectivity index is 2.49. The van der Waals surface area contributed by atoms with E-state index in [0.29, 0.717) is 16.9 Å². The number of rotatable bonds is 4. The summed E-state index contributed by atoms with van der Waals surface area (Å²) in [5.41, 5.74) is 1.82. The van der Waals surface area contributed by atoms with Gasteiger partial charge in [0.15, 0.2) is 5.82 Å². The number of hydrogen-bond donors (Lipinski definition) is 0. The smallest absolute Gasteiger partial charge is 0.158 e. The van der Waals surface area contributed by atoms with E-state index in [-0.39, 0.29) is 0 Å². The van der Waals surface area contributed by atoms with Crippen molar-refractivity contribution in [3.63, 3.8) is 0 Å². The largest absolute Gasteiger partial charge is 0.245 e. The van der Waals surface area contributed by atoms with E-state index in [1.165, 1.54) is 6.33 Å². The summed E-state index contributed by atoms with van der Waals surface area (Å²) in [6.45, 7) is 2.09. The van der Waals surface area contributed by atoms with Crippen molar-refractivity contribution in [2.24, 2.45) is 0 Å². The molecule has 90 valence electrons. The molecule has 0 N–H and O–H groups in total. The number of aryl methyl sites for hydroxylation is 1. The lowest BCUT2D eigenvalue weighted by molar-refractivity contribution is 0.786. The van der Waals surface area contributed by atoms with Crippen LogP contribution in [0.2, 0.25) is 5.15 Å². The minimum absolute atomic E-state index is 0.360. The third-order valence-corrected chi connectivity index (χ3v) is 3.06. The van der Waals surface area contributed by atoms with Gasteiger partial charge in [0.05, 0.1) is 11.6 Å². The van der Waals surface area contributed by atoms with Crippen LogP contribution in [0.25, 0.3) is 5.82 Å². The van der Waals surface area contributed by atoms with Crippen LogP contribution in [-0.4, -0.2) is 19.7 Å². The maximum atomic E-state index is 6.26. The van der Waals surface area contributed by atoms with Gasteiger partial charge in [-0.3, -0.25) is 0 Å². The third kappa shape index (κ3) is 2.42. The van der Waals surface area contributed by atoms with Gasteiger partial charge in [0.1, 0.15) is 11.5 Å². The van der Waals surface area contributed by atoms with E-state index in [1.807, 2.05) is 0 Å². The first-order valence-electron chi connectivity index (χ1n) is 5.36. The SMILES string of the molecule is CCCc1nn(-c2ccncn2)c(Cl)c1CCl. The maximum absolute atomic E-state index is 6.26. The monoisotopic (exact) mass is 270 g/mol. The number of aromatic nitrogens is 4. The summed E-state index contributed by atoms with van der Waals surface area (Å²) in [6.07, 6.45) is 4.98. The molecule has 0 aliphatic carbocycles. The molecule has 17 heavy (non-hydrogen) atoms. The molecule has 0 atom stereocenters. The van der Waals surface area contributed by atoms with Crippen molar-refractivity contribution in [2.45, 2.75) is 25.6 Å². The van der Waals surface area contributed by atoms with Crippen molar-refractivity contribution < 1.29 is 0 Å². The van der Waals surface area contributed by atoms with Crippen LogP contribution in [0.4, 0.5) is 0 Å². The molecule has 4 nitrogen and oxygen atoms in total. The van der Waals surface area contributed by atoms with E-state index >= 15 is 0 Å². The minimum Gasteiger partial charge on any atom is -0.245 e. The van der Waals surface area contributed by atoms with Crippen molar-refractivity contribution in [2.75, 3.05) is 0 Å². The van der Waals surface area contributed by atoms with Gasteiger partial charge < -0.3 is 0 Å². The highest BCUT2D eigenvalue weighted by molar-refractivity contribution is 6.31. The Morgan fingerprint density at radius 3 is 2.82 bits per heavy atom. The van der Waals surface area contributed by atoms with Crippen molar-refractivity contribution in [1.29, 1.82) is 0 Å². The Bertz CT molecular complexity index is 496. The van der Waals surface area contributed by atoms with Crippen LogP contribution >= 0.6 is 23.2 Å². The van der Waals surface area contributed by atoms with Crippen LogP contribution in [0.15, 0.2) is 18.6 Å². The van der Waals surface area contributed by atoms with Crippen LogP contribution in [0.3, 0.4) is 0 Å². The Morgan fingerprint density at radius 2 is 2.24 bits per heavy atom. The molecular weight excluding hydrogens is 259 g/mol. The van der Waals surface area contributed by atoms with Crippen molar-refractivity contribution in [3.05, 3.63) is 35.0 Å². The van der Waals surface area contributed by atoms with E-state index in [0.717, 1.165) is 24.1 Å². The van der Waals surface area contributed by atoms with Gasteiger partial charge in [-0.1, -0.05) is 24.9 Å². The van der Waals surface area contributed by atoms with Crippen LogP contribution in [0.1, 0.15) is 24.6 Å². The molecule has 0 aliphatic heterocycles. The first-order chi connectivity index (χ1) is 8.27. The lowest BCUT2D eigenvalue weighted by atomic mass is 10.2. The van der Waals surface area contributed by atoms with Gasteiger partial charge in [0, 0.05) is 17.8 Å². The summed E-state index contributed by atoms with van der Waals surface area (Å²) in [4.78, 5) is 7.99. The number of halogens is 2. The van der Waals surface area contributed by atoms with Crippen molar-refractivity contribution in [3.8, 4) is 5.82 Å². The molecule has 0 fully saturated rings. The Labute approximate surface area is 110 Å².